The molecule has 4 N–H and O–H groups in total. The van der Waals surface area contributed by atoms with E-state index in [0.29, 0.717) is 40.7 Å². The number of nitrogens with one attached hydrogen (secondary N) is 4. The third kappa shape index (κ3) is 8.65. The lowest BCUT2D eigenvalue weighted by Crippen LogP contribution is -2.48. The number of amides is 3. The molecule has 204 valence electrons. The van der Waals surface area contributed by atoms with Crippen molar-refractivity contribution in [3.63, 3.8) is 0 Å². The van der Waals surface area contributed by atoms with E-state index in [4.69, 9.17) is 17.0 Å². The summed E-state index contributed by atoms with van der Waals surface area (Å²) < 4.78 is 5.71. The predicted octanol–water partition coefficient (Wildman–Crippen LogP) is 5.22. The Balaban J connectivity index is 1.51. The molecule has 0 aliphatic rings. The Morgan fingerprint density at radius 3 is 2.00 bits per heavy atom. The van der Waals surface area contributed by atoms with E-state index in [1.807, 2.05) is 26.0 Å². The van der Waals surface area contributed by atoms with Gasteiger partial charge in [0, 0.05) is 16.8 Å². The molecule has 0 spiro atoms. The second kappa shape index (κ2) is 13.0. The van der Waals surface area contributed by atoms with Gasteiger partial charge in [0.05, 0.1) is 12.2 Å². The summed E-state index contributed by atoms with van der Waals surface area (Å²) in [7, 11) is 0. The van der Waals surface area contributed by atoms with Crippen LogP contribution in [0.1, 0.15) is 71.3 Å². The number of hydrogen-bond acceptors (Lipinski definition) is 5. The Morgan fingerprint density at radius 1 is 0.795 bits per heavy atom. The van der Waals surface area contributed by atoms with Crippen LogP contribution < -0.4 is 26.2 Å². The number of hydrogen-bond donors (Lipinski definition) is 4. The van der Waals surface area contributed by atoms with Crippen molar-refractivity contribution >= 4 is 40.7 Å². The van der Waals surface area contributed by atoms with Crippen molar-refractivity contribution in [3.8, 4) is 5.75 Å². The molecule has 0 heterocycles. The maximum atomic E-state index is 12.7. The highest BCUT2D eigenvalue weighted by atomic mass is 32.1. The average Bonchev–Trinajstić information content (AvgIpc) is 2.90. The van der Waals surface area contributed by atoms with Gasteiger partial charge in [-0.25, -0.2) is 0 Å². The quantitative estimate of drug-likeness (QED) is 0.239. The van der Waals surface area contributed by atoms with Crippen LogP contribution in [0.15, 0.2) is 72.8 Å². The number of thiocarbonyl (C=S) groups is 1. The first-order chi connectivity index (χ1) is 18.4. The van der Waals surface area contributed by atoms with Crippen LogP contribution in [-0.4, -0.2) is 29.4 Å². The minimum absolute atomic E-state index is 0.00312. The highest BCUT2D eigenvalue weighted by Gasteiger charge is 2.16. The Morgan fingerprint density at radius 2 is 1.38 bits per heavy atom. The fourth-order valence-corrected chi connectivity index (χ4v) is 3.60. The van der Waals surface area contributed by atoms with Crippen molar-refractivity contribution in [2.75, 3.05) is 11.9 Å². The highest BCUT2D eigenvalue weighted by molar-refractivity contribution is 7.80. The van der Waals surface area contributed by atoms with Crippen molar-refractivity contribution in [1.29, 1.82) is 0 Å². The minimum Gasteiger partial charge on any atom is -0.492 e. The number of benzene rings is 3. The van der Waals surface area contributed by atoms with Gasteiger partial charge in [0.15, 0.2) is 5.11 Å². The van der Waals surface area contributed by atoms with Crippen LogP contribution in [0.5, 0.6) is 5.75 Å². The van der Waals surface area contributed by atoms with E-state index in [2.05, 4.69) is 42.3 Å². The molecule has 0 saturated carbocycles. The lowest BCUT2D eigenvalue weighted by atomic mass is 9.87. The van der Waals surface area contributed by atoms with Crippen LogP contribution in [0, 0.1) is 5.92 Å². The summed E-state index contributed by atoms with van der Waals surface area (Å²) in [6.45, 7) is 10.8. The normalized spacial score (nSPS) is 10.9. The smallest absolute Gasteiger partial charge is 0.269 e. The van der Waals surface area contributed by atoms with Crippen LogP contribution in [0.2, 0.25) is 0 Å². The molecule has 0 fully saturated rings. The number of carbonyl (C=O) groups is 3. The molecule has 0 unspecified atom stereocenters. The second-order valence-corrected chi connectivity index (χ2v) is 10.8. The number of anilines is 1. The molecule has 0 aliphatic carbocycles. The molecule has 3 rings (SSSR count). The lowest BCUT2D eigenvalue weighted by molar-refractivity contribution is 0.0933. The third-order valence-electron chi connectivity index (χ3n) is 5.64. The number of para-hydroxylation sites is 1. The number of carbonyl (C=O) groups excluding carboxylic acids is 3. The first-order valence-corrected chi connectivity index (χ1v) is 13.0. The van der Waals surface area contributed by atoms with Gasteiger partial charge in [-0.15, -0.1) is 0 Å². The van der Waals surface area contributed by atoms with Gasteiger partial charge in [-0.3, -0.25) is 30.6 Å². The van der Waals surface area contributed by atoms with Crippen LogP contribution in [0.4, 0.5) is 5.69 Å². The molecule has 3 aromatic carbocycles. The largest absolute Gasteiger partial charge is 0.492 e. The van der Waals surface area contributed by atoms with Gasteiger partial charge < -0.3 is 10.1 Å². The predicted molar refractivity (Wildman–Crippen MR) is 157 cm³/mol. The Hall–Kier alpha value is -4.24. The molecule has 0 saturated heterocycles. The number of ether oxygens (including phenoxy) is 1. The van der Waals surface area contributed by atoms with Crippen molar-refractivity contribution in [2.24, 2.45) is 5.92 Å². The van der Waals surface area contributed by atoms with Gasteiger partial charge in [-0.2, -0.15) is 0 Å². The van der Waals surface area contributed by atoms with E-state index < -0.39 is 11.8 Å². The molecular weight excluding hydrogens is 512 g/mol. The van der Waals surface area contributed by atoms with Gasteiger partial charge in [-0.05, 0) is 77.6 Å². The molecule has 3 aromatic rings. The van der Waals surface area contributed by atoms with Crippen molar-refractivity contribution in [1.82, 2.24) is 16.2 Å². The average molecular weight is 547 g/mol. The molecule has 0 aromatic heterocycles. The topological polar surface area (TPSA) is 109 Å². The number of rotatable bonds is 7. The van der Waals surface area contributed by atoms with E-state index in [1.165, 1.54) is 0 Å². The first-order valence-electron chi connectivity index (χ1n) is 12.6. The summed E-state index contributed by atoms with van der Waals surface area (Å²) in [5.74, 6) is -0.427. The monoisotopic (exact) mass is 546 g/mol. The lowest BCUT2D eigenvalue weighted by Gasteiger charge is -2.19. The Labute approximate surface area is 234 Å². The first kappa shape index (κ1) is 29.3. The summed E-state index contributed by atoms with van der Waals surface area (Å²) >= 11 is 5.14. The zero-order valence-corrected chi connectivity index (χ0v) is 23.6. The zero-order chi connectivity index (χ0) is 28.6. The van der Waals surface area contributed by atoms with Crippen LogP contribution in [0.3, 0.4) is 0 Å². The molecule has 0 aliphatic heterocycles. The minimum atomic E-state index is -0.470. The molecule has 0 radical (unpaired) electrons. The third-order valence-corrected chi connectivity index (χ3v) is 5.84. The van der Waals surface area contributed by atoms with Crippen LogP contribution >= 0.6 is 12.2 Å². The van der Waals surface area contributed by atoms with E-state index in [0.717, 1.165) is 5.56 Å². The maximum Gasteiger partial charge on any atom is 0.269 e. The fourth-order valence-electron chi connectivity index (χ4n) is 3.45. The summed E-state index contributed by atoms with van der Waals surface area (Å²) in [6, 6.07) is 20.7. The fraction of sp³-hybridized carbons (Fsp3) is 0.267. The van der Waals surface area contributed by atoms with E-state index in [9.17, 15) is 14.4 Å². The van der Waals surface area contributed by atoms with Crippen LogP contribution in [0.25, 0.3) is 0 Å². The Bertz CT molecular complexity index is 1330. The van der Waals surface area contributed by atoms with Gasteiger partial charge in [-0.1, -0.05) is 58.9 Å². The van der Waals surface area contributed by atoms with E-state index in [-0.39, 0.29) is 16.4 Å². The van der Waals surface area contributed by atoms with Crippen LogP contribution in [-0.2, 0) is 5.41 Å². The van der Waals surface area contributed by atoms with Gasteiger partial charge in [0.25, 0.3) is 17.7 Å². The van der Waals surface area contributed by atoms with E-state index in [1.54, 1.807) is 60.7 Å². The summed E-state index contributed by atoms with van der Waals surface area (Å²) in [4.78, 5) is 37.8. The van der Waals surface area contributed by atoms with Crippen molar-refractivity contribution in [3.05, 3.63) is 95.1 Å². The highest BCUT2D eigenvalue weighted by Crippen LogP contribution is 2.22. The van der Waals surface area contributed by atoms with Crippen molar-refractivity contribution in [2.45, 2.75) is 40.0 Å². The SMILES string of the molecule is CC(C)COc1ccccc1C(=O)NC(=S)NNC(=O)c1ccc(NC(=O)c2ccc(C(C)(C)C)cc2)cc1. The number of hydrazine groups is 1. The second-order valence-electron chi connectivity index (χ2n) is 10.4. The van der Waals surface area contributed by atoms with Gasteiger partial charge in [0.2, 0.25) is 0 Å². The zero-order valence-electron chi connectivity index (χ0n) is 22.8. The summed E-state index contributed by atoms with van der Waals surface area (Å²) in [6.07, 6.45) is 0. The molecule has 3 amide bonds. The maximum absolute atomic E-state index is 12.7. The van der Waals surface area contributed by atoms with E-state index >= 15 is 0 Å². The molecule has 8 nitrogen and oxygen atoms in total. The Kier molecular flexibility index (Phi) is 9.78. The molecule has 0 atom stereocenters. The van der Waals surface area contributed by atoms with Gasteiger partial charge in [0.1, 0.15) is 5.75 Å². The molecule has 0 bridgehead atoms. The van der Waals surface area contributed by atoms with Gasteiger partial charge >= 0.3 is 0 Å². The molecule has 39 heavy (non-hydrogen) atoms. The van der Waals surface area contributed by atoms with Crippen molar-refractivity contribution < 1.29 is 19.1 Å². The molecule has 9 heteroatoms. The summed E-state index contributed by atoms with van der Waals surface area (Å²) in [5, 5.41) is 5.28. The summed E-state index contributed by atoms with van der Waals surface area (Å²) in [5.41, 5.74) is 7.87. The molecular formula is C30H34N4O4S. The standard InChI is InChI=1S/C30H34N4O4S/c1-19(2)18-38-25-9-7-6-8-24(25)28(37)32-29(39)34-33-27(36)21-12-16-23(17-13-21)31-26(35)20-10-14-22(15-11-20)30(3,4)5/h6-17,19H,18H2,1-5H3,(H,31,35)(H,33,36)(H2,32,34,37,39).